The van der Waals surface area contributed by atoms with Gasteiger partial charge in [0.25, 0.3) is 0 Å². The van der Waals surface area contributed by atoms with E-state index in [1.807, 2.05) is 0 Å². The fourth-order valence-electron chi connectivity index (χ4n) is 0.611. The number of benzene rings is 1. The Morgan fingerprint density at radius 3 is 1.67 bits per heavy atom. The van der Waals surface area contributed by atoms with Gasteiger partial charge in [0.05, 0.1) is 0 Å². The van der Waals surface area contributed by atoms with E-state index in [0.29, 0.717) is 0 Å². The summed E-state index contributed by atoms with van der Waals surface area (Å²) in [5.41, 5.74) is 0. The normalized spacial score (nSPS) is 9.50. The zero-order chi connectivity index (χ0) is 7.61. The summed E-state index contributed by atoms with van der Waals surface area (Å²) in [6, 6.07) is 7.23. The fraction of sp³-hybridized carbons (Fsp3) is 0. The Morgan fingerprint density at radius 1 is 1.00 bits per heavy atom. The molecule has 6 heteroatoms. The van der Waals surface area contributed by atoms with Crippen LogP contribution in [-0.4, -0.2) is 0 Å². The van der Waals surface area contributed by atoms with Gasteiger partial charge in [-0.25, -0.2) is 0 Å². The molecular formula is C6H5Cs2O3P. The average Bonchev–Trinajstić information content (AvgIpc) is 1.88. The van der Waals surface area contributed by atoms with Crippen molar-refractivity contribution >= 4 is 12.9 Å². The van der Waals surface area contributed by atoms with Crippen LogP contribution in [0.3, 0.4) is 0 Å². The molecule has 0 aliphatic rings. The van der Waals surface area contributed by atoms with E-state index in [0.717, 1.165) is 0 Å². The van der Waals surface area contributed by atoms with Crippen LogP contribution >= 0.6 is 7.60 Å². The van der Waals surface area contributed by atoms with Crippen LogP contribution in [0.1, 0.15) is 0 Å². The van der Waals surface area contributed by atoms with E-state index in [2.05, 4.69) is 0 Å². The number of hydrogen-bond donors (Lipinski definition) is 0. The van der Waals surface area contributed by atoms with E-state index in [9.17, 15) is 14.4 Å². The summed E-state index contributed by atoms with van der Waals surface area (Å²) in [5, 5.41) is -0.157. The predicted octanol–water partition coefficient (Wildman–Crippen LogP) is -6.77. The molecule has 0 aliphatic heterocycles. The van der Waals surface area contributed by atoms with Crippen molar-refractivity contribution in [1.82, 2.24) is 0 Å². The van der Waals surface area contributed by atoms with Gasteiger partial charge in [-0.1, -0.05) is 30.3 Å². The van der Waals surface area contributed by atoms with E-state index in [1.54, 1.807) is 6.07 Å². The van der Waals surface area contributed by atoms with Crippen LogP contribution in [0.2, 0.25) is 0 Å². The molecule has 1 aromatic rings. The SMILES string of the molecule is O=P([O-])([O-])c1ccccc1.[Cs+].[Cs+]. The summed E-state index contributed by atoms with van der Waals surface area (Å²) in [6.07, 6.45) is 0. The Labute approximate surface area is 189 Å². The summed E-state index contributed by atoms with van der Waals surface area (Å²) < 4.78 is 10.3. The average molecular weight is 422 g/mol. The van der Waals surface area contributed by atoms with E-state index in [1.165, 1.54) is 24.3 Å². The third kappa shape index (κ3) is 6.87. The van der Waals surface area contributed by atoms with E-state index in [4.69, 9.17) is 0 Å². The van der Waals surface area contributed by atoms with Crippen LogP contribution in [0.25, 0.3) is 0 Å². The first-order chi connectivity index (χ1) is 4.61. The Morgan fingerprint density at radius 2 is 1.42 bits per heavy atom. The van der Waals surface area contributed by atoms with Crippen molar-refractivity contribution in [2.75, 3.05) is 0 Å². The van der Waals surface area contributed by atoms with Crippen molar-refractivity contribution in [2.24, 2.45) is 0 Å². The second kappa shape index (κ2) is 8.61. The largest absolute Gasteiger partial charge is 1.00 e. The standard InChI is InChI=1S/C6H7O3P.2Cs/c7-10(8,9)6-4-2-1-3-5-6;;/h1-5H,(H2,7,8,9);;/q;2*+1/p-2. The van der Waals surface area contributed by atoms with Gasteiger partial charge >= 0.3 is 138 Å². The smallest absolute Gasteiger partial charge is 0.807 e. The van der Waals surface area contributed by atoms with Gasteiger partial charge in [0.2, 0.25) is 0 Å². The zero-order valence-corrected chi connectivity index (χ0v) is 20.5. The van der Waals surface area contributed by atoms with Crippen molar-refractivity contribution in [2.45, 2.75) is 0 Å². The minimum Gasteiger partial charge on any atom is -0.807 e. The summed E-state index contributed by atoms with van der Waals surface area (Å²) in [4.78, 5) is 20.6. The van der Waals surface area contributed by atoms with Crippen LogP contribution in [0.5, 0.6) is 0 Å². The predicted molar refractivity (Wildman–Crippen MR) is 33.7 cm³/mol. The van der Waals surface area contributed by atoms with Gasteiger partial charge in [-0.15, -0.1) is 0 Å². The zero-order valence-electron chi connectivity index (χ0n) is 7.06. The van der Waals surface area contributed by atoms with Crippen molar-refractivity contribution in [1.29, 1.82) is 0 Å². The van der Waals surface area contributed by atoms with Gasteiger partial charge in [0, 0.05) is 0 Å². The maximum Gasteiger partial charge on any atom is 1.00 e. The van der Waals surface area contributed by atoms with Crippen LogP contribution in [0, 0.1) is 0 Å². The maximum absolute atomic E-state index is 10.3. The second-order valence-electron chi connectivity index (χ2n) is 1.83. The molecule has 0 saturated heterocycles. The maximum atomic E-state index is 10.3. The van der Waals surface area contributed by atoms with Crippen molar-refractivity contribution in [3.63, 3.8) is 0 Å². The molecule has 0 saturated carbocycles. The molecule has 1 aromatic carbocycles. The quantitative estimate of drug-likeness (QED) is 0.424. The van der Waals surface area contributed by atoms with Crippen LogP contribution in [0.4, 0.5) is 0 Å². The molecule has 0 unspecified atom stereocenters. The summed E-state index contributed by atoms with van der Waals surface area (Å²) in [5.74, 6) is 0. The molecule has 0 amide bonds. The topological polar surface area (TPSA) is 63.2 Å². The van der Waals surface area contributed by atoms with Gasteiger partial charge in [0.15, 0.2) is 0 Å². The summed E-state index contributed by atoms with van der Waals surface area (Å²) in [7, 11) is -4.52. The van der Waals surface area contributed by atoms with Crippen LogP contribution in [0.15, 0.2) is 30.3 Å². The van der Waals surface area contributed by atoms with Gasteiger partial charge < -0.3 is 14.4 Å². The first-order valence-electron chi connectivity index (χ1n) is 2.68. The molecule has 0 heterocycles. The molecule has 12 heavy (non-hydrogen) atoms. The molecule has 3 nitrogen and oxygen atoms in total. The third-order valence-electron chi connectivity index (χ3n) is 1.07. The first kappa shape index (κ1) is 17.9. The van der Waals surface area contributed by atoms with Crippen molar-refractivity contribution in [3.8, 4) is 0 Å². The monoisotopic (exact) mass is 422 g/mol. The first-order valence-corrected chi connectivity index (χ1v) is 4.22. The van der Waals surface area contributed by atoms with Gasteiger partial charge in [0.1, 0.15) is 0 Å². The van der Waals surface area contributed by atoms with E-state index >= 15 is 0 Å². The Kier molecular flexibility index (Phi) is 12.8. The van der Waals surface area contributed by atoms with E-state index in [-0.39, 0.29) is 143 Å². The molecule has 0 spiro atoms. The molecule has 54 valence electrons. The summed E-state index contributed by atoms with van der Waals surface area (Å²) in [6.45, 7) is 0. The minimum absolute atomic E-state index is 0. The molecule has 0 N–H and O–H groups in total. The number of hydrogen-bond acceptors (Lipinski definition) is 3. The summed E-state index contributed by atoms with van der Waals surface area (Å²) >= 11 is 0. The minimum atomic E-state index is -4.52. The molecule has 0 aliphatic carbocycles. The molecular weight excluding hydrogens is 417 g/mol. The molecule has 0 radical (unpaired) electrons. The van der Waals surface area contributed by atoms with Crippen LogP contribution in [-0.2, 0) is 4.57 Å². The molecule has 0 fully saturated rings. The van der Waals surface area contributed by atoms with Gasteiger partial charge in [-0.3, -0.25) is 0 Å². The van der Waals surface area contributed by atoms with Crippen LogP contribution < -0.4 is 153 Å². The molecule has 0 bridgehead atoms. The second-order valence-corrected chi connectivity index (χ2v) is 3.34. The fourth-order valence-corrected chi connectivity index (χ4v) is 1.15. The van der Waals surface area contributed by atoms with E-state index < -0.39 is 7.60 Å². The third-order valence-corrected chi connectivity index (χ3v) is 2.00. The molecule has 0 atom stereocenters. The van der Waals surface area contributed by atoms with Crippen molar-refractivity contribution < 1.29 is 152 Å². The van der Waals surface area contributed by atoms with Crippen molar-refractivity contribution in [3.05, 3.63) is 30.3 Å². The Bertz CT molecular complexity index is 259. The molecule has 0 aromatic heterocycles. The number of rotatable bonds is 1. The van der Waals surface area contributed by atoms with Gasteiger partial charge in [-0.2, -0.15) is 0 Å². The molecule has 1 rings (SSSR count). The van der Waals surface area contributed by atoms with Gasteiger partial charge in [-0.05, 0) is 12.9 Å². The Hall–Kier alpha value is 3.47. The Balaban J connectivity index is 0.